The summed E-state index contributed by atoms with van der Waals surface area (Å²) in [5, 5.41) is 5.63. The first-order valence-electron chi connectivity index (χ1n) is 5.43. The molecule has 0 radical (unpaired) electrons. The second-order valence-electron chi connectivity index (χ2n) is 4.61. The zero-order chi connectivity index (χ0) is 11.1. The van der Waals surface area contributed by atoms with Crippen LogP contribution in [0.2, 0.25) is 0 Å². The van der Waals surface area contributed by atoms with Crippen molar-refractivity contribution >= 4 is 22.9 Å². The van der Waals surface area contributed by atoms with Crippen molar-refractivity contribution in [1.29, 1.82) is 0 Å². The highest BCUT2D eigenvalue weighted by molar-refractivity contribution is 7.09. The average Bonchev–Trinajstić information content (AvgIpc) is 2.65. The van der Waals surface area contributed by atoms with Gasteiger partial charge in [-0.05, 0) is 36.2 Å². The van der Waals surface area contributed by atoms with Gasteiger partial charge in [0.25, 0.3) is 0 Å². The number of halogens is 1. The third kappa shape index (κ3) is 5.55. The van der Waals surface area contributed by atoms with Crippen LogP contribution in [0.25, 0.3) is 0 Å². The molecule has 0 aliphatic heterocycles. The molecule has 0 bridgehead atoms. The molecule has 1 N–H and O–H groups in total. The van der Waals surface area contributed by atoms with Gasteiger partial charge in [-0.2, -0.15) is 0 Å². The molecule has 1 heterocycles. The van der Waals surface area contributed by atoms with Crippen molar-refractivity contribution in [3.05, 3.63) is 22.4 Å². The SMILES string of the molecule is CC(C)(CCCl)CNCCc1cccs1. The monoisotopic (exact) mass is 245 g/mol. The molecule has 15 heavy (non-hydrogen) atoms. The van der Waals surface area contributed by atoms with Gasteiger partial charge >= 0.3 is 0 Å². The van der Waals surface area contributed by atoms with Crippen molar-refractivity contribution in [1.82, 2.24) is 5.32 Å². The number of rotatable bonds is 7. The number of hydrogen-bond acceptors (Lipinski definition) is 2. The van der Waals surface area contributed by atoms with E-state index in [1.807, 2.05) is 11.3 Å². The van der Waals surface area contributed by atoms with E-state index in [2.05, 4.69) is 36.7 Å². The van der Waals surface area contributed by atoms with Gasteiger partial charge in [-0.3, -0.25) is 0 Å². The maximum Gasteiger partial charge on any atom is 0.0229 e. The van der Waals surface area contributed by atoms with Crippen LogP contribution in [-0.2, 0) is 6.42 Å². The van der Waals surface area contributed by atoms with Gasteiger partial charge in [0, 0.05) is 17.3 Å². The summed E-state index contributed by atoms with van der Waals surface area (Å²) in [6.07, 6.45) is 2.20. The van der Waals surface area contributed by atoms with Crippen LogP contribution in [0.5, 0.6) is 0 Å². The zero-order valence-electron chi connectivity index (χ0n) is 9.55. The second kappa shape index (κ2) is 6.51. The Balaban J connectivity index is 2.11. The molecule has 0 saturated heterocycles. The third-order valence-corrected chi connectivity index (χ3v) is 3.63. The Morgan fingerprint density at radius 2 is 2.27 bits per heavy atom. The smallest absolute Gasteiger partial charge is 0.0229 e. The zero-order valence-corrected chi connectivity index (χ0v) is 11.1. The number of alkyl halides is 1. The van der Waals surface area contributed by atoms with Gasteiger partial charge in [0.2, 0.25) is 0 Å². The normalized spacial score (nSPS) is 11.9. The van der Waals surface area contributed by atoms with Gasteiger partial charge in [-0.25, -0.2) is 0 Å². The molecule has 0 fully saturated rings. The van der Waals surface area contributed by atoms with Crippen molar-refractivity contribution in [2.24, 2.45) is 5.41 Å². The molecule has 1 nitrogen and oxygen atoms in total. The topological polar surface area (TPSA) is 12.0 Å². The number of nitrogens with one attached hydrogen (secondary N) is 1. The predicted molar refractivity (Wildman–Crippen MR) is 70.0 cm³/mol. The summed E-state index contributed by atoms with van der Waals surface area (Å²) in [4.78, 5) is 1.46. The Bertz CT molecular complexity index is 257. The molecule has 0 aromatic carbocycles. The van der Waals surface area contributed by atoms with Crippen LogP contribution in [-0.4, -0.2) is 19.0 Å². The van der Waals surface area contributed by atoms with E-state index in [9.17, 15) is 0 Å². The molecular formula is C12H20ClNS. The van der Waals surface area contributed by atoms with Gasteiger partial charge in [0.15, 0.2) is 0 Å². The minimum absolute atomic E-state index is 0.317. The lowest BCUT2D eigenvalue weighted by molar-refractivity contribution is 0.332. The van der Waals surface area contributed by atoms with Crippen LogP contribution in [0, 0.1) is 5.41 Å². The van der Waals surface area contributed by atoms with Gasteiger partial charge in [-0.1, -0.05) is 19.9 Å². The van der Waals surface area contributed by atoms with Crippen molar-refractivity contribution in [2.75, 3.05) is 19.0 Å². The molecule has 0 unspecified atom stereocenters. The van der Waals surface area contributed by atoms with Crippen LogP contribution in [0.15, 0.2) is 17.5 Å². The molecule has 1 aromatic heterocycles. The van der Waals surface area contributed by atoms with Crippen LogP contribution >= 0.6 is 22.9 Å². The Morgan fingerprint density at radius 3 is 2.87 bits per heavy atom. The highest BCUT2D eigenvalue weighted by Crippen LogP contribution is 2.19. The van der Waals surface area contributed by atoms with Gasteiger partial charge in [-0.15, -0.1) is 22.9 Å². The second-order valence-corrected chi connectivity index (χ2v) is 6.02. The van der Waals surface area contributed by atoms with Gasteiger partial charge in [0.05, 0.1) is 0 Å². The third-order valence-electron chi connectivity index (χ3n) is 2.50. The first kappa shape index (κ1) is 13.0. The Kier molecular flexibility index (Phi) is 5.65. The summed E-state index contributed by atoms with van der Waals surface area (Å²) < 4.78 is 0. The molecule has 0 aliphatic carbocycles. The van der Waals surface area contributed by atoms with E-state index in [4.69, 9.17) is 11.6 Å². The summed E-state index contributed by atoms with van der Waals surface area (Å²) >= 11 is 7.58. The fraction of sp³-hybridized carbons (Fsp3) is 0.667. The van der Waals surface area contributed by atoms with E-state index in [0.717, 1.165) is 31.8 Å². The Labute approximate surface area is 102 Å². The molecular weight excluding hydrogens is 226 g/mol. The summed E-state index contributed by atoms with van der Waals surface area (Å²) in [6, 6.07) is 4.30. The molecule has 0 atom stereocenters. The fourth-order valence-electron chi connectivity index (χ4n) is 1.44. The van der Waals surface area contributed by atoms with Crippen molar-refractivity contribution in [3.8, 4) is 0 Å². The maximum absolute atomic E-state index is 5.75. The quantitative estimate of drug-likeness (QED) is 0.573. The Morgan fingerprint density at radius 1 is 1.47 bits per heavy atom. The van der Waals surface area contributed by atoms with E-state index in [0.29, 0.717) is 5.41 Å². The number of hydrogen-bond donors (Lipinski definition) is 1. The number of thiophene rings is 1. The molecule has 0 aliphatic rings. The van der Waals surface area contributed by atoms with E-state index >= 15 is 0 Å². The predicted octanol–water partition coefficient (Wildman–Crippen LogP) is 3.54. The molecule has 0 saturated carbocycles. The van der Waals surface area contributed by atoms with Crippen molar-refractivity contribution in [2.45, 2.75) is 26.7 Å². The summed E-state index contributed by atoms with van der Waals surface area (Å²) in [5.41, 5.74) is 0.317. The first-order chi connectivity index (χ1) is 7.14. The molecule has 0 spiro atoms. The average molecular weight is 246 g/mol. The summed E-state index contributed by atoms with van der Waals surface area (Å²) in [6.45, 7) is 6.62. The molecule has 3 heteroatoms. The van der Waals surface area contributed by atoms with Crippen LogP contribution in [0.3, 0.4) is 0 Å². The minimum atomic E-state index is 0.317. The highest BCUT2D eigenvalue weighted by atomic mass is 35.5. The lowest BCUT2D eigenvalue weighted by Crippen LogP contribution is -2.31. The largest absolute Gasteiger partial charge is 0.316 e. The van der Waals surface area contributed by atoms with E-state index < -0.39 is 0 Å². The fourth-order valence-corrected chi connectivity index (χ4v) is 2.66. The van der Waals surface area contributed by atoms with Gasteiger partial charge in [0.1, 0.15) is 0 Å². The van der Waals surface area contributed by atoms with Crippen LogP contribution in [0.4, 0.5) is 0 Å². The van der Waals surface area contributed by atoms with E-state index in [1.54, 1.807) is 0 Å². The first-order valence-corrected chi connectivity index (χ1v) is 6.84. The highest BCUT2D eigenvalue weighted by Gasteiger charge is 2.15. The lowest BCUT2D eigenvalue weighted by atomic mass is 9.90. The Hall–Kier alpha value is -0.0500. The van der Waals surface area contributed by atoms with Crippen LogP contribution in [0.1, 0.15) is 25.1 Å². The molecule has 0 amide bonds. The standard InChI is InChI=1S/C12H20ClNS/c1-12(2,6-7-13)10-14-8-5-11-4-3-9-15-11/h3-4,9,14H,5-8,10H2,1-2H3. The molecule has 1 rings (SSSR count). The van der Waals surface area contributed by atoms with Crippen molar-refractivity contribution in [3.63, 3.8) is 0 Å². The van der Waals surface area contributed by atoms with Gasteiger partial charge < -0.3 is 5.32 Å². The van der Waals surface area contributed by atoms with E-state index in [1.165, 1.54) is 4.88 Å². The lowest BCUT2D eigenvalue weighted by Gasteiger charge is -2.23. The maximum atomic E-state index is 5.75. The molecule has 86 valence electrons. The summed E-state index contributed by atoms with van der Waals surface area (Å²) in [5.74, 6) is 0.750. The minimum Gasteiger partial charge on any atom is -0.316 e. The molecule has 1 aromatic rings. The van der Waals surface area contributed by atoms with E-state index in [-0.39, 0.29) is 0 Å². The van der Waals surface area contributed by atoms with Crippen LogP contribution < -0.4 is 5.32 Å². The summed E-state index contributed by atoms with van der Waals surface area (Å²) in [7, 11) is 0. The van der Waals surface area contributed by atoms with Crippen molar-refractivity contribution < 1.29 is 0 Å².